The highest BCUT2D eigenvalue weighted by Crippen LogP contribution is 2.51. The molecule has 0 N–H and O–H groups in total. The van der Waals surface area contributed by atoms with Gasteiger partial charge < -0.3 is 4.29 Å². The van der Waals surface area contributed by atoms with Crippen molar-refractivity contribution in [3.05, 3.63) is 59.7 Å². The average Bonchev–Trinajstić information content (AvgIpc) is 2.81. The Balaban J connectivity index is 2.24. The maximum Gasteiger partial charge on any atom is 0.346 e. The summed E-state index contributed by atoms with van der Waals surface area (Å²) in [5, 5.41) is 0. The molecule has 0 bridgehead atoms. The van der Waals surface area contributed by atoms with E-state index in [4.69, 9.17) is 23.5 Å². The van der Waals surface area contributed by atoms with Crippen LogP contribution in [0.3, 0.4) is 0 Å². The summed E-state index contributed by atoms with van der Waals surface area (Å²) in [6.07, 6.45) is 0. The minimum atomic E-state index is -1.25. The zero-order valence-electron chi connectivity index (χ0n) is 10.8. The lowest BCUT2D eigenvalue weighted by atomic mass is 9.84. The Hall–Kier alpha value is -1.51. The van der Waals surface area contributed by atoms with E-state index in [1.165, 1.54) is 0 Å². The Morgan fingerprint density at radius 1 is 1.05 bits per heavy atom. The van der Waals surface area contributed by atoms with Gasteiger partial charge in [0.2, 0.25) is 0 Å². The molecule has 0 aliphatic heterocycles. The lowest BCUT2D eigenvalue weighted by Crippen LogP contribution is -2.36. The Morgan fingerprint density at radius 2 is 1.50 bits per heavy atom. The van der Waals surface area contributed by atoms with Crippen LogP contribution in [0.4, 0.5) is 0 Å². The fourth-order valence-electron chi connectivity index (χ4n) is 2.93. The van der Waals surface area contributed by atoms with Gasteiger partial charge in [0, 0.05) is 5.92 Å². The highest BCUT2D eigenvalue weighted by molar-refractivity contribution is 6.36. The highest BCUT2D eigenvalue weighted by Gasteiger charge is 2.47. The summed E-state index contributed by atoms with van der Waals surface area (Å²) >= 11 is 11.7. The predicted molar refractivity (Wildman–Crippen MR) is 79.9 cm³/mol. The first-order chi connectivity index (χ1) is 9.57. The van der Waals surface area contributed by atoms with Crippen LogP contribution >= 0.6 is 23.5 Å². The zero-order chi connectivity index (χ0) is 14.3. The van der Waals surface area contributed by atoms with Crippen LogP contribution in [-0.4, -0.2) is 10.8 Å². The fraction of sp³-hybridized carbons (Fsp3) is 0.188. The lowest BCUT2D eigenvalue weighted by molar-refractivity contribution is -0.136. The van der Waals surface area contributed by atoms with Crippen LogP contribution in [0.5, 0.6) is 0 Å². The second-order valence-corrected chi connectivity index (χ2v) is 5.99. The summed E-state index contributed by atoms with van der Waals surface area (Å²) in [7, 11) is 0. The van der Waals surface area contributed by atoms with E-state index < -0.39 is 10.8 Å². The third kappa shape index (κ3) is 1.83. The van der Waals surface area contributed by atoms with Gasteiger partial charge in [0.05, 0.1) is 0 Å². The molecule has 2 aromatic carbocycles. The molecule has 4 heteroatoms. The van der Waals surface area contributed by atoms with Crippen LogP contribution in [0.2, 0.25) is 0 Å². The number of hydrogen-bond acceptors (Lipinski definition) is 2. The molecule has 2 aromatic rings. The monoisotopic (exact) mass is 306 g/mol. The van der Waals surface area contributed by atoms with E-state index in [1.807, 2.05) is 48.5 Å². The van der Waals surface area contributed by atoms with Gasteiger partial charge in [-0.1, -0.05) is 48.5 Å². The molecule has 0 fully saturated rings. The van der Waals surface area contributed by atoms with Crippen LogP contribution in [0, 0.1) is 0 Å². The predicted octanol–water partition coefficient (Wildman–Crippen LogP) is 4.49. The van der Waals surface area contributed by atoms with Crippen molar-refractivity contribution in [2.75, 3.05) is 0 Å². The normalized spacial score (nSPS) is 16.1. The van der Waals surface area contributed by atoms with E-state index in [2.05, 4.69) is 4.29 Å². The van der Waals surface area contributed by atoms with Gasteiger partial charge in [0.25, 0.3) is 0 Å². The zero-order valence-corrected chi connectivity index (χ0v) is 12.3. The number of carbonyl (C=O) groups excluding carboxylic acids is 1. The minimum Gasteiger partial charge on any atom is -0.346 e. The van der Waals surface area contributed by atoms with Gasteiger partial charge >= 0.3 is 5.97 Å². The van der Waals surface area contributed by atoms with Crippen molar-refractivity contribution in [2.24, 2.45) is 0 Å². The molecule has 0 saturated carbocycles. The van der Waals surface area contributed by atoms with E-state index in [0.717, 1.165) is 22.3 Å². The number of rotatable bonds is 2. The number of fused-ring (bicyclic) bond motifs is 3. The van der Waals surface area contributed by atoms with Crippen molar-refractivity contribution in [3.63, 3.8) is 0 Å². The number of hydrogen-bond donors (Lipinski definition) is 0. The third-order valence-electron chi connectivity index (χ3n) is 3.85. The van der Waals surface area contributed by atoms with Crippen molar-refractivity contribution in [3.8, 4) is 11.1 Å². The fourth-order valence-corrected chi connectivity index (χ4v) is 3.41. The Bertz CT molecular complexity index is 634. The molecule has 1 aliphatic carbocycles. The molecule has 0 amide bonds. The van der Waals surface area contributed by atoms with E-state index in [1.54, 1.807) is 6.92 Å². The molecule has 1 atom stereocenters. The Morgan fingerprint density at radius 3 is 1.95 bits per heavy atom. The Kier molecular flexibility index (Phi) is 3.23. The summed E-state index contributed by atoms with van der Waals surface area (Å²) in [6.45, 7) is 1.64. The van der Waals surface area contributed by atoms with Crippen molar-refractivity contribution in [1.29, 1.82) is 0 Å². The summed E-state index contributed by atoms with van der Waals surface area (Å²) in [5.74, 6) is -0.917. The van der Waals surface area contributed by atoms with Crippen LogP contribution in [0.25, 0.3) is 11.1 Å². The SMILES string of the molecule is CC(Cl)(C(=O)OCl)C1c2ccccc2-c2ccccc21. The second kappa shape index (κ2) is 4.80. The van der Waals surface area contributed by atoms with E-state index in [0.29, 0.717) is 0 Å². The summed E-state index contributed by atoms with van der Waals surface area (Å²) in [4.78, 5) is 10.7. The molecule has 2 nitrogen and oxygen atoms in total. The van der Waals surface area contributed by atoms with Crippen molar-refractivity contribution in [1.82, 2.24) is 0 Å². The molecule has 102 valence electrons. The van der Waals surface area contributed by atoms with Gasteiger partial charge in [-0.25, -0.2) is 4.79 Å². The topological polar surface area (TPSA) is 26.3 Å². The van der Waals surface area contributed by atoms with Gasteiger partial charge in [-0.05, 0) is 29.2 Å². The maximum absolute atomic E-state index is 12.0. The molecule has 1 aliphatic rings. The molecule has 1 unspecified atom stereocenters. The first-order valence-electron chi connectivity index (χ1n) is 6.27. The van der Waals surface area contributed by atoms with E-state index in [9.17, 15) is 4.79 Å². The van der Waals surface area contributed by atoms with Crippen LogP contribution in [0.15, 0.2) is 48.5 Å². The van der Waals surface area contributed by atoms with Gasteiger partial charge in [-0.2, -0.15) is 0 Å². The standard InChI is InChI=1S/C16H12Cl2O2/c1-16(17,15(19)20-18)14-12-8-4-2-6-10(12)11-7-3-5-9-13(11)14/h2-9,14H,1H3. The van der Waals surface area contributed by atoms with Crippen LogP contribution in [-0.2, 0) is 9.08 Å². The Labute approximate surface area is 127 Å². The molecular formula is C16H12Cl2O2. The van der Waals surface area contributed by atoms with E-state index >= 15 is 0 Å². The molecule has 0 aromatic heterocycles. The minimum absolute atomic E-state index is 0.275. The van der Waals surface area contributed by atoms with Crippen molar-refractivity contribution < 1.29 is 9.08 Å². The van der Waals surface area contributed by atoms with Crippen LogP contribution < -0.4 is 0 Å². The number of benzene rings is 2. The van der Waals surface area contributed by atoms with Gasteiger partial charge in [0.1, 0.15) is 11.9 Å². The molecule has 0 saturated heterocycles. The second-order valence-electron chi connectivity index (χ2n) is 5.05. The molecular weight excluding hydrogens is 295 g/mol. The van der Waals surface area contributed by atoms with E-state index in [-0.39, 0.29) is 5.92 Å². The number of halogens is 2. The van der Waals surface area contributed by atoms with Crippen molar-refractivity contribution >= 4 is 29.4 Å². The van der Waals surface area contributed by atoms with Crippen molar-refractivity contribution in [2.45, 2.75) is 17.7 Å². The van der Waals surface area contributed by atoms with Gasteiger partial charge in [-0.15, -0.1) is 11.6 Å². The largest absolute Gasteiger partial charge is 0.346 e. The highest BCUT2D eigenvalue weighted by atomic mass is 35.5. The molecule has 3 rings (SSSR count). The molecule has 0 heterocycles. The van der Waals surface area contributed by atoms with Gasteiger partial charge in [-0.3, -0.25) is 0 Å². The molecule has 0 spiro atoms. The smallest absolute Gasteiger partial charge is 0.346 e. The summed E-state index contributed by atoms with van der Waals surface area (Å²) in [6, 6.07) is 15.9. The first kappa shape index (κ1) is 13.5. The number of carbonyl (C=O) groups is 1. The number of alkyl halides is 1. The van der Waals surface area contributed by atoms with Crippen LogP contribution in [0.1, 0.15) is 24.0 Å². The average molecular weight is 307 g/mol. The van der Waals surface area contributed by atoms with Gasteiger partial charge in [0.15, 0.2) is 4.87 Å². The lowest BCUT2D eigenvalue weighted by Gasteiger charge is -2.27. The maximum atomic E-state index is 12.0. The molecule has 20 heavy (non-hydrogen) atoms. The quantitative estimate of drug-likeness (QED) is 0.764. The third-order valence-corrected chi connectivity index (χ3v) is 4.36. The summed E-state index contributed by atoms with van der Waals surface area (Å²) < 4.78 is 4.36. The summed E-state index contributed by atoms with van der Waals surface area (Å²) in [5.41, 5.74) is 4.24. The first-order valence-corrected chi connectivity index (χ1v) is 6.96. The molecule has 0 radical (unpaired) electrons.